The molecule has 2 aliphatic carbocycles. The number of ketones is 2. The second kappa shape index (κ2) is 8.67. The molecule has 0 fully saturated rings. The minimum Gasteiger partial charge on any atom is -0.423 e. The van der Waals surface area contributed by atoms with Crippen LogP contribution in [0.5, 0.6) is 5.75 Å². The molecule has 37 heavy (non-hydrogen) atoms. The highest BCUT2D eigenvalue weighted by atomic mass is 16.6. The van der Waals surface area contributed by atoms with Crippen molar-refractivity contribution in [2.75, 3.05) is 0 Å². The third-order valence-corrected chi connectivity index (χ3v) is 7.00. The number of carbonyl (C=O) groups is 3. The number of nitrogens with one attached hydrogen (secondary N) is 1. The molecule has 0 aromatic heterocycles. The van der Waals surface area contributed by atoms with Crippen molar-refractivity contribution < 1.29 is 24.0 Å². The first-order chi connectivity index (χ1) is 17.9. The van der Waals surface area contributed by atoms with E-state index in [0.29, 0.717) is 23.1 Å². The summed E-state index contributed by atoms with van der Waals surface area (Å²) >= 11 is 0. The lowest BCUT2D eigenvalue weighted by molar-refractivity contribution is -0.384. The number of ether oxygens (including phenoxy) is 1. The summed E-state index contributed by atoms with van der Waals surface area (Å²) in [6.45, 7) is 0. The van der Waals surface area contributed by atoms with E-state index in [1.165, 1.54) is 24.3 Å². The molecule has 3 aliphatic rings. The van der Waals surface area contributed by atoms with Gasteiger partial charge in [0.25, 0.3) is 5.69 Å². The Morgan fingerprint density at radius 1 is 0.892 bits per heavy atom. The number of allylic oxidation sites excluding steroid dienone is 3. The lowest BCUT2D eigenvalue weighted by Gasteiger charge is -2.33. The van der Waals surface area contributed by atoms with E-state index in [0.717, 1.165) is 35.4 Å². The number of Topliss-reactive ketones (excluding diaryl/α,β-unsaturated/α-hetero) is 2. The van der Waals surface area contributed by atoms with Gasteiger partial charge in [-0.3, -0.25) is 19.7 Å². The second-order valence-corrected chi connectivity index (χ2v) is 9.15. The predicted molar refractivity (Wildman–Crippen MR) is 134 cm³/mol. The summed E-state index contributed by atoms with van der Waals surface area (Å²) in [6.07, 6.45) is 1.93. The van der Waals surface area contributed by atoms with Crippen LogP contribution in [0.1, 0.15) is 57.0 Å². The molecule has 1 unspecified atom stereocenters. The number of nitro benzene ring substituents is 1. The zero-order valence-corrected chi connectivity index (χ0v) is 19.5. The largest absolute Gasteiger partial charge is 0.423 e. The van der Waals surface area contributed by atoms with Crippen molar-refractivity contribution in [3.8, 4) is 5.75 Å². The first-order valence-corrected chi connectivity index (χ1v) is 11.9. The normalized spacial score (nSPS) is 18.1. The number of rotatable bonds is 4. The van der Waals surface area contributed by atoms with E-state index in [-0.39, 0.29) is 28.6 Å². The molecule has 0 radical (unpaired) electrons. The second-order valence-electron chi connectivity index (χ2n) is 9.15. The molecule has 8 heteroatoms. The molecular weight excluding hydrogens is 472 g/mol. The Kier molecular flexibility index (Phi) is 5.30. The van der Waals surface area contributed by atoms with Crippen LogP contribution in [-0.4, -0.2) is 22.5 Å². The molecule has 1 N–H and O–H groups in total. The van der Waals surface area contributed by atoms with Gasteiger partial charge in [-0.15, -0.1) is 0 Å². The summed E-state index contributed by atoms with van der Waals surface area (Å²) in [6, 6.07) is 19.4. The Bertz CT molecular complexity index is 1560. The number of non-ortho nitro benzene ring substituents is 1. The molecule has 3 aromatic carbocycles. The van der Waals surface area contributed by atoms with E-state index in [4.69, 9.17) is 4.74 Å². The number of esters is 1. The van der Waals surface area contributed by atoms with Crippen molar-refractivity contribution >= 4 is 28.9 Å². The first kappa shape index (κ1) is 22.6. The molecule has 1 heterocycles. The summed E-state index contributed by atoms with van der Waals surface area (Å²) in [5, 5.41) is 14.2. The average Bonchev–Trinajstić information content (AvgIpc) is 3.20. The van der Waals surface area contributed by atoms with E-state index in [9.17, 15) is 24.5 Å². The van der Waals surface area contributed by atoms with Gasteiger partial charge in [-0.05, 0) is 42.7 Å². The van der Waals surface area contributed by atoms with Crippen LogP contribution < -0.4 is 10.1 Å². The SMILES string of the molecule is O=C1CCCC2=C1C(c1ccc(OC(=O)c3ccc([N+](=O)[O-])cc3)cc1)C1=C(N2)c2ccccc2C1=O. The van der Waals surface area contributed by atoms with E-state index >= 15 is 0 Å². The molecule has 0 saturated carbocycles. The predicted octanol–water partition coefficient (Wildman–Crippen LogP) is 5.12. The van der Waals surface area contributed by atoms with E-state index in [2.05, 4.69) is 5.32 Å². The Morgan fingerprint density at radius 3 is 2.30 bits per heavy atom. The maximum Gasteiger partial charge on any atom is 0.343 e. The number of fused-ring (bicyclic) bond motifs is 2. The van der Waals surface area contributed by atoms with Crippen molar-refractivity contribution in [3.05, 3.63) is 122 Å². The summed E-state index contributed by atoms with van der Waals surface area (Å²) < 4.78 is 5.45. The fourth-order valence-electron chi connectivity index (χ4n) is 5.28. The van der Waals surface area contributed by atoms with Crippen molar-refractivity contribution in [1.29, 1.82) is 0 Å². The topological polar surface area (TPSA) is 116 Å². The van der Waals surface area contributed by atoms with Gasteiger partial charge in [0.2, 0.25) is 0 Å². The molecule has 8 nitrogen and oxygen atoms in total. The van der Waals surface area contributed by atoms with Crippen LogP contribution >= 0.6 is 0 Å². The molecule has 0 saturated heterocycles. The van der Waals surface area contributed by atoms with Gasteiger partial charge in [0.1, 0.15) is 5.75 Å². The fourth-order valence-corrected chi connectivity index (χ4v) is 5.28. The lowest BCUT2D eigenvalue weighted by Crippen LogP contribution is -2.31. The van der Waals surface area contributed by atoms with Crippen LogP contribution in [0.25, 0.3) is 5.70 Å². The Hall–Kier alpha value is -4.85. The standard InChI is InChI=1S/C29H20N2O6/c32-23-7-3-6-22-25(23)24(26-27(30-22)20-4-1-2-5-21(20)28(26)33)16-10-14-19(15-11-16)37-29(34)17-8-12-18(13-9-17)31(35)36/h1-2,4-5,8-15,24,30H,3,6-7H2. The summed E-state index contributed by atoms with van der Waals surface area (Å²) in [5.74, 6) is -0.952. The van der Waals surface area contributed by atoms with Crippen LogP contribution in [0.4, 0.5) is 5.69 Å². The summed E-state index contributed by atoms with van der Waals surface area (Å²) in [5.41, 5.74) is 5.08. The number of nitro groups is 1. The average molecular weight is 492 g/mol. The van der Waals surface area contributed by atoms with Crippen LogP contribution in [0.3, 0.4) is 0 Å². The minimum absolute atomic E-state index is 0.0303. The molecule has 0 bridgehead atoms. The smallest absolute Gasteiger partial charge is 0.343 e. The van der Waals surface area contributed by atoms with Gasteiger partial charge < -0.3 is 10.1 Å². The fraction of sp³-hybridized carbons (Fsp3) is 0.138. The van der Waals surface area contributed by atoms with Gasteiger partial charge in [-0.2, -0.15) is 0 Å². The van der Waals surface area contributed by atoms with Crippen molar-refractivity contribution in [1.82, 2.24) is 5.32 Å². The molecule has 6 rings (SSSR count). The van der Waals surface area contributed by atoms with E-state index in [1.54, 1.807) is 30.3 Å². The highest BCUT2D eigenvalue weighted by Gasteiger charge is 2.43. The lowest BCUT2D eigenvalue weighted by atomic mass is 9.75. The molecule has 1 atom stereocenters. The van der Waals surface area contributed by atoms with Gasteiger partial charge in [-0.25, -0.2) is 4.79 Å². The summed E-state index contributed by atoms with van der Waals surface area (Å²) in [4.78, 5) is 49.4. The number of hydrogen-bond donors (Lipinski definition) is 1. The van der Waals surface area contributed by atoms with Crippen LogP contribution in [0, 0.1) is 10.1 Å². The Labute approximate surface area is 211 Å². The Balaban J connectivity index is 1.33. The number of nitrogens with zero attached hydrogens (tertiary/aromatic N) is 1. The first-order valence-electron chi connectivity index (χ1n) is 11.9. The van der Waals surface area contributed by atoms with Gasteiger partial charge in [-0.1, -0.05) is 36.4 Å². The molecular formula is C29H20N2O6. The zero-order valence-electron chi connectivity index (χ0n) is 19.5. The van der Waals surface area contributed by atoms with Crippen LogP contribution in [0.15, 0.2) is 89.6 Å². The molecule has 3 aromatic rings. The van der Waals surface area contributed by atoms with Crippen LogP contribution in [-0.2, 0) is 4.79 Å². The van der Waals surface area contributed by atoms with Gasteiger partial charge in [0.15, 0.2) is 11.6 Å². The Morgan fingerprint density at radius 2 is 1.59 bits per heavy atom. The third-order valence-electron chi connectivity index (χ3n) is 7.00. The van der Waals surface area contributed by atoms with Crippen LogP contribution in [0.2, 0.25) is 0 Å². The monoisotopic (exact) mass is 492 g/mol. The van der Waals surface area contributed by atoms with E-state index < -0.39 is 16.8 Å². The van der Waals surface area contributed by atoms with Crippen molar-refractivity contribution in [3.63, 3.8) is 0 Å². The highest BCUT2D eigenvalue weighted by molar-refractivity contribution is 6.23. The third kappa shape index (κ3) is 3.74. The maximum atomic E-state index is 13.5. The van der Waals surface area contributed by atoms with Crippen molar-refractivity contribution in [2.24, 2.45) is 0 Å². The maximum absolute atomic E-state index is 13.5. The highest BCUT2D eigenvalue weighted by Crippen LogP contribution is 2.48. The van der Waals surface area contributed by atoms with Gasteiger partial charge in [0.05, 0.1) is 16.2 Å². The molecule has 0 amide bonds. The van der Waals surface area contributed by atoms with Gasteiger partial charge in [0, 0.05) is 52.4 Å². The van der Waals surface area contributed by atoms with E-state index in [1.807, 2.05) is 18.2 Å². The van der Waals surface area contributed by atoms with Crippen molar-refractivity contribution in [2.45, 2.75) is 25.2 Å². The molecule has 182 valence electrons. The zero-order chi connectivity index (χ0) is 25.7. The number of hydrogen-bond acceptors (Lipinski definition) is 7. The quantitative estimate of drug-likeness (QED) is 0.233. The summed E-state index contributed by atoms with van der Waals surface area (Å²) in [7, 11) is 0. The molecule has 0 spiro atoms. The number of dihydropyridines is 1. The number of carbonyl (C=O) groups excluding carboxylic acids is 3. The van der Waals surface area contributed by atoms with Gasteiger partial charge >= 0.3 is 5.97 Å². The number of benzene rings is 3. The molecule has 1 aliphatic heterocycles. The minimum atomic E-state index is -0.650.